The number of carbonyl (C=O) groups is 1. The number of fused-ring (bicyclic) bond motifs is 1. The second-order valence-electron chi connectivity index (χ2n) is 5.34. The molecule has 4 aromatic rings. The van der Waals surface area contributed by atoms with Gasteiger partial charge in [0, 0.05) is 5.56 Å². The third-order valence-electron chi connectivity index (χ3n) is 3.77. The first-order valence-electron chi connectivity index (χ1n) is 7.63. The number of aromatic nitrogens is 1. The molecule has 4 rings (SSSR count). The van der Waals surface area contributed by atoms with Gasteiger partial charge in [0.25, 0.3) is 5.91 Å². The number of amides is 1. The van der Waals surface area contributed by atoms with Crippen LogP contribution in [-0.2, 0) is 0 Å². The average molecular weight is 350 g/mol. The zero-order valence-corrected chi connectivity index (χ0v) is 14.2. The van der Waals surface area contributed by atoms with Gasteiger partial charge >= 0.3 is 0 Å². The normalized spacial score (nSPS) is 10.8. The number of nitrogens with zero attached hydrogens (tertiary/aromatic N) is 1. The highest BCUT2D eigenvalue weighted by Gasteiger charge is 2.18. The van der Waals surface area contributed by atoms with Crippen LogP contribution >= 0.6 is 11.3 Å². The van der Waals surface area contributed by atoms with Gasteiger partial charge in [-0.15, -0.1) is 0 Å². The first-order chi connectivity index (χ1) is 12.2. The predicted molar refractivity (Wildman–Crippen MR) is 98.3 cm³/mol. The Hall–Kier alpha value is -3.12. The van der Waals surface area contributed by atoms with Gasteiger partial charge in [0.05, 0.1) is 23.6 Å². The molecule has 0 spiro atoms. The number of methoxy groups -OCH3 is 1. The van der Waals surface area contributed by atoms with E-state index in [4.69, 9.17) is 9.15 Å². The van der Waals surface area contributed by atoms with Gasteiger partial charge in [-0.3, -0.25) is 10.1 Å². The molecule has 5 nitrogen and oxygen atoms in total. The van der Waals surface area contributed by atoms with Gasteiger partial charge in [-0.2, -0.15) is 0 Å². The summed E-state index contributed by atoms with van der Waals surface area (Å²) in [6.45, 7) is 0. The summed E-state index contributed by atoms with van der Waals surface area (Å²) < 4.78 is 11.6. The van der Waals surface area contributed by atoms with E-state index in [9.17, 15) is 4.79 Å². The molecular formula is C19H14N2O3S. The lowest BCUT2D eigenvalue weighted by Gasteiger charge is -2.02. The van der Waals surface area contributed by atoms with Crippen molar-refractivity contribution in [2.75, 3.05) is 12.4 Å². The summed E-state index contributed by atoms with van der Waals surface area (Å²) >= 11 is 1.39. The van der Waals surface area contributed by atoms with Gasteiger partial charge in [0.15, 0.2) is 10.9 Å². The summed E-state index contributed by atoms with van der Waals surface area (Å²) in [4.78, 5) is 17.0. The molecule has 25 heavy (non-hydrogen) atoms. The van der Waals surface area contributed by atoms with Gasteiger partial charge in [0.2, 0.25) is 0 Å². The zero-order valence-electron chi connectivity index (χ0n) is 13.4. The lowest BCUT2D eigenvalue weighted by atomic mass is 10.1. The molecule has 0 unspecified atom stereocenters. The maximum absolute atomic E-state index is 12.6. The van der Waals surface area contributed by atoms with Crippen molar-refractivity contribution in [1.29, 1.82) is 0 Å². The smallest absolute Gasteiger partial charge is 0.293 e. The van der Waals surface area contributed by atoms with Crippen LogP contribution in [0.3, 0.4) is 0 Å². The van der Waals surface area contributed by atoms with Crippen LogP contribution in [0.25, 0.3) is 21.3 Å². The molecule has 0 aliphatic heterocycles. The zero-order chi connectivity index (χ0) is 17.2. The number of benzene rings is 2. The fourth-order valence-electron chi connectivity index (χ4n) is 2.57. The third-order valence-corrected chi connectivity index (χ3v) is 4.71. The Morgan fingerprint density at radius 2 is 2.00 bits per heavy atom. The van der Waals surface area contributed by atoms with E-state index >= 15 is 0 Å². The molecule has 2 aromatic carbocycles. The van der Waals surface area contributed by atoms with Crippen LogP contribution in [0.4, 0.5) is 5.13 Å². The molecule has 0 fully saturated rings. The molecule has 1 N–H and O–H groups in total. The molecular weight excluding hydrogens is 336 g/mol. The Balaban J connectivity index is 1.62. The molecule has 0 bridgehead atoms. The van der Waals surface area contributed by atoms with Gasteiger partial charge < -0.3 is 9.15 Å². The fourth-order valence-corrected chi connectivity index (χ4v) is 3.46. The first-order valence-corrected chi connectivity index (χ1v) is 8.45. The number of hydrogen-bond acceptors (Lipinski definition) is 5. The van der Waals surface area contributed by atoms with Crippen LogP contribution in [-0.4, -0.2) is 18.0 Å². The van der Waals surface area contributed by atoms with Crippen molar-refractivity contribution in [2.24, 2.45) is 0 Å². The number of ether oxygens (including phenoxy) is 1. The molecule has 0 aliphatic rings. The predicted octanol–water partition coefficient (Wildman–Crippen LogP) is 4.82. The lowest BCUT2D eigenvalue weighted by Crippen LogP contribution is -2.11. The highest BCUT2D eigenvalue weighted by atomic mass is 32.1. The molecule has 0 aliphatic carbocycles. The largest absolute Gasteiger partial charge is 0.497 e. The van der Waals surface area contributed by atoms with E-state index in [-0.39, 0.29) is 11.7 Å². The number of anilines is 1. The molecule has 2 aromatic heterocycles. The fraction of sp³-hybridized carbons (Fsp3) is 0.0526. The topological polar surface area (TPSA) is 64.4 Å². The molecule has 2 heterocycles. The monoisotopic (exact) mass is 350 g/mol. The van der Waals surface area contributed by atoms with E-state index in [0.29, 0.717) is 5.13 Å². The van der Waals surface area contributed by atoms with E-state index in [1.807, 2.05) is 48.5 Å². The maximum Gasteiger partial charge on any atom is 0.293 e. The van der Waals surface area contributed by atoms with Gasteiger partial charge in [-0.25, -0.2) is 4.98 Å². The minimum absolute atomic E-state index is 0.267. The minimum Gasteiger partial charge on any atom is -0.497 e. The third kappa shape index (κ3) is 2.99. The summed E-state index contributed by atoms with van der Waals surface area (Å²) in [5.74, 6) is 0.698. The highest BCUT2D eigenvalue weighted by Crippen LogP contribution is 2.30. The molecule has 0 saturated carbocycles. The van der Waals surface area contributed by atoms with Crippen LogP contribution in [0.2, 0.25) is 0 Å². The number of nitrogens with one attached hydrogen (secondary N) is 1. The number of thiazole rings is 1. The molecule has 0 radical (unpaired) electrons. The van der Waals surface area contributed by atoms with Crippen LogP contribution < -0.4 is 10.1 Å². The van der Waals surface area contributed by atoms with Crippen molar-refractivity contribution in [3.8, 4) is 16.9 Å². The summed E-state index contributed by atoms with van der Waals surface area (Å²) in [6, 6.07) is 17.0. The Bertz CT molecular complexity index is 1040. The van der Waals surface area contributed by atoms with Gasteiger partial charge in [-0.1, -0.05) is 41.7 Å². The summed E-state index contributed by atoms with van der Waals surface area (Å²) in [7, 11) is 1.62. The number of furan rings is 1. The Morgan fingerprint density at radius 1 is 1.16 bits per heavy atom. The summed E-state index contributed by atoms with van der Waals surface area (Å²) in [5, 5.41) is 3.33. The van der Waals surface area contributed by atoms with Crippen molar-refractivity contribution in [1.82, 2.24) is 4.98 Å². The van der Waals surface area contributed by atoms with E-state index in [1.165, 1.54) is 17.6 Å². The van der Waals surface area contributed by atoms with E-state index in [1.54, 1.807) is 13.2 Å². The number of carbonyl (C=O) groups excluding carboxylic acids is 1. The maximum atomic E-state index is 12.6. The van der Waals surface area contributed by atoms with Crippen LogP contribution in [0.15, 0.2) is 65.3 Å². The molecule has 6 heteroatoms. The van der Waals surface area contributed by atoms with Gasteiger partial charge in [-0.05, 0) is 29.8 Å². The SMILES string of the molecule is COc1ccc2nc(NC(=O)c3occc3-c3ccccc3)sc2c1. The lowest BCUT2D eigenvalue weighted by molar-refractivity contribution is 0.0997. The van der Waals surface area contributed by atoms with Crippen molar-refractivity contribution in [3.05, 3.63) is 66.6 Å². The molecule has 0 atom stereocenters. The standard InChI is InChI=1S/C19H14N2O3S/c1-23-13-7-8-15-16(11-13)25-19(20-15)21-18(22)17-14(9-10-24-17)12-5-3-2-4-6-12/h2-11H,1H3,(H,20,21,22). The Morgan fingerprint density at radius 3 is 2.80 bits per heavy atom. The van der Waals surface area contributed by atoms with Gasteiger partial charge in [0.1, 0.15) is 5.75 Å². The van der Waals surface area contributed by atoms with Crippen molar-refractivity contribution in [2.45, 2.75) is 0 Å². The van der Waals surface area contributed by atoms with E-state index < -0.39 is 0 Å². The van der Waals surface area contributed by atoms with E-state index in [0.717, 1.165) is 27.1 Å². The second kappa shape index (κ2) is 6.41. The van der Waals surface area contributed by atoms with Crippen molar-refractivity contribution >= 4 is 32.6 Å². The van der Waals surface area contributed by atoms with Crippen molar-refractivity contribution < 1.29 is 13.9 Å². The minimum atomic E-state index is -0.324. The van der Waals surface area contributed by atoms with Crippen LogP contribution in [0, 0.1) is 0 Å². The average Bonchev–Trinajstić information content (AvgIpc) is 3.28. The Kier molecular flexibility index (Phi) is 3.95. The molecule has 1 amide bonds. The first kappa shape index (κ1) is 15.4. The van der Waals surface area contributed by atoms with Crippen molar-refractivity contribution in [3.63, 3.8) is 0 Å². The molecule has 124 valence electrons. The van der Waals surface area contributed by atoms with Crippen LogP contribution in [0.5, 0.6) is 5.75 Å². The molecule has 0 saturated heterocycles. The highest BCUT2D eigenvalue weighted by molar-refractivity contribution is 7.22. The van der Waals surface area contributed by atoms with Crippen LogP contribution in [0.1, 0.15) is 10.6 Å². The number of rotatable bonds is 4. The summed E-state index contributed by atoms with van der Waals surface area (Å²) in [5.41, 5.74) is 2.49. The quantitative estimate of drug-likeness (QED) is 0.573. The van der Waals surface area contributed by atoms with E-state index in [2.05, 4.69) is 10.3 Å². The second-order valence-corrected chi connectivity index (χ2v) is 6.37. The number of hydrogen-bond donors (Lipinski definition) is 1. The Labute approximate surface area is 147 Å². The summed E-state index contributed by atoms with van der Waals surface area (Å²) in [6.07, 6.45) is 1.51.